The number of hydrogen-bond donors (Lipinski definition) is 0. The Morgan fingerprint density at radius 1 is 1.28 bits per heavy atom. The highest BCUT2D eigenvalue weighted by molar-refractivity contribution is 5.60. The summed E-state index contributed by atoms with van der Waals surface area (Å²) in [7, 11) is 0. The molecule has 0 aliphatic carbocycles. The third kappa shape index (κ3) is 4.91. The molecule has 0 N–H and O–H groups in total. The summed E-state index contributed by atoms with van der Waals surface area (Å²) in [6.45, 7) is 13.2. The van der Waals surface area contributed by atoms with Gasteiger partial charge in [-0.25, -0.2) is 0 Å². The molecule has 0 radical (unpaired) electrons. The molecule has 0 spiro atoms. The van der Waals surface area contributed by atoms with E-state index >= 15 is 0 Å². The average Bonchev–Trinajstić information content (AvgIpc) is 2.22. The predicted molar refractivity (Wildman–Crippen MR) is 79.0 cm³/mol. The lowest BCUT2D eigenvalue weighted by Crippen LogP contribution is -2.12. The van der Waals surface area contributed by atoms with E-state index in [9.17, 15) is 0 Å². The molecule has 0 fully saturated rings. The van der Waals surface area contributed by atoms with Gasteiger partial charge in [0.25, 0.3) is 0 Å². The lowest BCUT2D eigenvalue weighted by Gasteiger charge is -2.15. The summed E-state index contributed by atoms with van der Waals surface area (Å²) >= 11 is 0. The van der Waals surface area contributed by atoms with Crippen molar-refractivity contribution in [2.45, 2.75) is 53.0 Å². The molecule has 0 saturated heterocycles. The van der Waals surface area contributed by atoms with Gasteiger partial charge in [0.05, 0.1) is 5.54 Å². The van der Waals surface area contributed by atoms with Gasteiger partial charge in [0, 0.05) is 6.21 Å². The second-order valence-corrected chi connectivity index (χ2v) is 5.99. The van der Waals surface area contributed by atoms with E-state index in [-0.39, 0.29) is 5.54 Å². The zero-order valence-electron chi connectivity index (χ0n) is 12.4. The van der Waals surface area contributed by atoms with Crippen LogP contribution in [0.1, 0.15) is 51.7 Å². The van der Waals surface area contributed by atoms with Crippen molar-refractivity contribution in [3.63, 3.8) is 0 Å². The van der Waals surface area contributed by atoms with Crippen LogP contribution in [0.2, 0.25) is 0 Å². The zero-order valence-corrected chi connectivity index (χ0v) is 12.4. The van der Waals surface area contributed by atoms with Crippen molar-refractivity contribution in [1.82, 2.24) is 0 Å². The Labute approximate surface area is 111 Å². The van der Waals surface area contributed by atoms with Gasteiger partial charge in [0.1, 0.15) is 12.4 Å². The second kappa shape index (κ2) is 6.03. The topological polar surface area (TPSA) is 21.6 Å². The Morgan fingerprint density at radius 3 is 2.50 bits per heavy atom. The first-order valence-electron chi connectivity index (χ1n) is 6.56. The van der Waals surface area contributed by atoms with Crippen LogP contribution in [-0.2, 0) is 0 Å². The molecule has 0 aromatic heterocycles. The molecule has 0 atom stereocenters. The third-order valence-corrected chi connectivity index (χ3v) is 2.58. The van der Waals surface area contributed by atoms with Gasteiger partial charge in [-0.3, -0.25) is 4.99 Å². The van der Waals surface area contributed by atoms with Gasteiger partial charge in [-0.05, 0) is 50.8 Å². The maximum Gasteiger partial charge on any atom is 0.123 e. The molecule has 2 nitrogen and oxygen atoms in total. The Morgan fingerprint density at radius 2 is 1.94 bits per heavy atom. The van der Waals surface area contributed by atoms with Crippen LogP contribution in [0.5, 0.6) is 5.75 Å². The van der Waals surface area contributed by atoms with E-state index in [1.807, 2.05) is 6.21 Å². The highest BCUT2D eigenvalue weighted by atomic mass is 16.5. The van der Waals surface area contributed by atoms with E-state index in [1.54, 1.807) is 0 Å². The third-order valence-electron chi connectivity index (χ3n) is 2.58. The molecule has 0 unspecified atom stereocenters. The first-order valence-corrected chi connectivity index (χ1v) is 6.56. The zero-order chi connectivity index (χ0) is 13.8. The summed E-state index contributed by atoms with van der Waals surface area (Å²) in [6, 6.07) is 6.38. The van der Waals surface area contributed by atoms with E-state index in [0.717, 1.165) is 5.75 Å². The standard InChI is InChI=1S/C16H25NO/c1-12(2)14-8-7-13(3)11-15(14)18-10-9-17-16(4,5)6/h7-9,11-12H,10H2,1-6H3. The largest absolute Gasteiger partial charge is 0.488 e. The van der Waals surface area contributed by atoms with Crippen LogP contribution in [0, 0.1) is 6.92 Å². The van der Waals surface area contributed by atoms with E-state index in [2.05, 4.69) is 64.7 Å². The van der Waals surface area contributed by atoms with E-state index in [1.165, 1.54) is 11.1 Å². The maximum atomic E-state index is 5.83. The summed E-state index contributed by atoms with van der Waals surface area (Å²) < 4.78 is 5.83. The van der Waals surface area contributed by atoms with Crippen molar-refractivity contribution in [3.05, 3.63) is 29.3 Å². The van der Waals surface area contributed by atoms with Crippen LogP contribution < -0.4 is 4.74 Å². The smallest absolute Gasteiger partial charge is 0.123 e. The molecule has 2 heteroatoms. The first kappa shape index (κ1) is 14.7. The Bertz CT molecular complexity index is 414. The molecule has 1 aromatic rings. The summed E-state index contributed by atoms with van der Waals surface area (Å²) in [5.74, 6) is 1.45. The molecule has 0 heterocycles. The Hall–Kier alpha value is -1.31. The summed E-state index contributed by atoms with van der Waals surface area (Å²) in [5.41, 5.74) is 2.45. The van der Waals surface area contributed by atoms with Crippen molar-refractivity contribution < 1.29 is 4.74 Å². The SMILES string of the molecule is Cc1ccc(C(C)C)c(OCC=NC(C)(C)C)c1. The van der Waals surface area contributed by atoms with E-state index < -0.39 is 0 Å². The molecule has 18 heavy (non-hydrogen) atoms. The molecular weight excluding hydrogens is 222 g/mol. The molecular formula is C16H25NO. The fourth-order valence-corrected chi connectivity index (χ4v) is 1.68. The molecule has 1 aromatic carbocycles. The highest BCUT2D eigenvalue weighted by Crippen LogP contribution is 2.27. The second-order valence-electron chi connectivity index (χ2n) is 5.99. The molecule has 0 saturated carbocycles. The number of nitrogens with zero attached hydrogens (tertiary/aromatic N) is 1. The van der Waals surface area contributed by atoms with Gasteiger partial charge in [-0.15, -0.1) is 0 Å². The average molecular weight is 247 g/mol. The summed E-state index contributed by atoms with van der Waals surface area (Å²) in [6.07, 6.45) is 1.85. The molecule has 0 bridgehead atoms. The van der Waals surface area contributed by atoms with Crippen LogP contribution in [0.4, 0.5) is 0 Å². The predicted octanol–water partition coefficient (Wildman–Crippen LogP) is 4.37. The van der Waals surface area contributed by atoms with Crippen LogP contribution in [0.3, 0.4) is 0 Å². The minimum absolute atomic E-state index is 0.0309. The quantitative estimate of drug-likeness (QED) is 0.724. The van der Waals surface area contributed by atoms with Crippen LogP contribution in [0.25, 0.3) is 0 Å². The van der Waals surface area contributed by atoms with Crippen molar-refractivity contribution >= 4 is 6.21 Å². The van der Waals surface area contributed by atoms with Crippen LogP contribution >= 0.6 is 0 Å². The molecule has 0 aliphatic heterocycles. The van der Waals surface area contributed by atoms with Gasteiger partial charge in [0.15, 0.2) is 0 Å². The summed E-state index contributed by atoms with van der Waals surface area (Å²) in [4.78, 5) is 4.42. The fraction of sp³-hybridized carbons (Fsp3) is 0.562. The Kier molecular flexibility index (Phi) is 4.94. The van der Waals surface area contributed by atoms with Crippen molar-refractivity contribution in [2.24, 2.45) is 4.99 Å². The minimum atomic E-state index is -0.0309. The lowest BCUT2D eigenvalue weighted by molar-refractivity contribution is 0.372. The Balaban J connectivity index is 2.72. The van der Waals surface area contributed by atoms with E-state index in [4.69, 9.17) is 4.74 Å². The molecule has 1 rings (SSSR count). The van der Waals surface area contributed by atoms with Gasteiger partial charge >= 0.3 is 0 Å². The minimum Gasteiger partial charge on any atom is -0.488 e. The number of aryl methyl sites for hydroxylation is 1. The van der Waals surface area contributed by atoms with E-state index in [0.29, 0.717) is 12.5 Å². The number of hydrogen-bond acceptors (Lipinski definition) is 2. The number of benzene rings is 1. The van der Waals surface area contributed by atoms with Crippen molar-refractivity contribution in [2.75, 3.05) is 6.61 Å². The molecule has 0 aliphatic rings. The first-order chi connectivity index (χ1) is 8.29. The van der Waals surface area contributed by atoms with Gasteiger partial charge in [0.2, 0.25) is 0 Å². The normalized spacial score (nSPS) is 12.4. The van der Waals surface area contributed by atoms with Crippen LogP contribution in [-0.4, -0.2) is 18.4 Å². The number of aliphatic imine (C=N–C) groups is 1. The van der Waals surface area contributed by atoms with Gasteiger partial charge < -0.3 is 4.74 Å². The lowest BCUT2D eigenvalue weighted by atomic mass is 10.0. The fourth-order valence-electron chi connectivity index (χ4n) is 1.68. The maximum absolute atomic E-state index is 5.83. The van der Waals surface area contributed by atoms with Gasteiger partial charge in [-0.1, -0.05) is 26.0 Å². The highest BCUT2D eigenvalue weighted by Gasteiger charge is 2.08. The van der Waals surface area contributed by atoms with Crippen molar-refractivity contribution in [1.29, 1.82) is 0 Å². The van der Waals surface area contributed by atoms with Gasteiger partial charge in [-0.2, -0.15) is 0 Å². The number of rotatable bonds is 4. The monoisotopic (exact) mass is 247 g/mol. The number of ether oxygens (including phenoxy) is 1. The molecule has 100 valence electrons. The van der Waals surface area contributed by atoms with Crippen molar-refractivity contribution in [3.8, 4) is 5.75 Å². The summed E-state index contributed by atoms with van der Waals surface area (Å²) in [5, 5.41) is 0. The van der Waals surface area contributed by atoms with Crippen LogP contribution in [0.15, 0.2) is 23.2 Å². The molecule has 0 amide bonds.